The topological polar surface area (TPSA) is 82.9 Å². The molecule has 1 fully saturated rings. The van der Waals surface area contributed by atoms with E-state index < -0.39 is 0 Å². The van der Waals surface area contributed by atoms with Gasteiger partial charge in [-0.15, -0.1) is 0 Å². The van der Waals surface area contributed by atoms with Crippen LogP contribution in [0.25, 0.3) is 11.3 Å². The van der Waals surface area contributed by atoms with E-state index in [1.165, 1.54) is 0 Å². The number of nitrogens with one attached hydrogen (secondary N) is 1. The van der Waals surface area contributed by atoms with Gasteiger partial charge in [0.1, 0.15) is 17.1 Å². The van der Waals surface area contributed by atoms with Crippen molar-refractivity contribution in [2.45, 2.75) is 0 Å². The van der Waals surface area contributed by atoms with Crippen molar-refractivity contribution < 1.29 is 14.7 Å². The molecule has 2 heterocycles. The third kappa shape index (κ3) is 4.04. The summed E-state index contributed by atoms with van der Waals surface area (Å²) in [6.45, 7) is 2.43. The van der Waals surface area contributed by atoms with Crippen LogP contribution < -0.4 is 15.1 Å². The van der Waals surface area contributed by atoms with E-state index in [4.69, 9.17) is 21.5 Å². The average Bonchev–Trinajstić information content (AvgIpc) is 3.19. The molecular weight excluding hydrogens is 418 g/mol. The number of ether oxygens (including phenoxy) is 1. The molecule has 4 rings (SSSR count). The lowest BCUT2D eigenvalue weighted by Gasteiger charge is -2.36. The van der Waals surface area contributed by atoms with Crippen molar-refractivity contribution in [1.82, 2.24) is 14.5 Å². The normalized spacial score (nSPS) is 13.9. The van der Waals surface area contributed by atoms with Crippen LogP contribution in [0, 0.1) is 0 Å². The quantitative estimate of drug-likeness (QED) is 0.589. The van der Waals surface area contributed by atoms with Crippen LogP contribution in [-0.4, -0.2) is 58.9 Å². The van der Waals surface area contributed by atoms with Crippen LogP contribution in [0.3, 0.4) is 0 Å². The summed E-state index contributed by atoms with van der Waals surface area (Å²) < 4.78 is 7.22. The number of hydrogen-bond donors (Lipinski definition) is 2. The molecule has 2 N–H and O–H groups in total. The van der Waals surface area contributed by atoms with Gasteiger partial charge in [0.25, 0.3) is 5.91 Å². The number of para-hydroxylation sites is 1. The van der Waals surface area contributed by atoms with Crippen LogP contribution in [0.1, 0.15) is 10.5 Å². The summed E-state index contributed by atoms with van der Waals surface area (Å²) in [5.41, 5.74) is 5.44. The monoisotopic (exact) mass is 441 g/mol. The lowest BCUT2D eigenvalue weighted by Crippen LogP contribution is -2.49. The first-order valence-electron chi connectivity index (χ1n) is 9.92. The van der Waals surface area contributed by atoms with Crippen LogP contribution in [0.15, 0.2) is 48.8 Å². The lowest BCUT2D eigenvalue weighted by molar-refractivity contribution is 0.0738. The summed E-state index contributed by atoms with van der Waals surface area (Å²) in [7, 11) is 3.43. The zero-order chi connectivity index (χ0) is 22.0. The molecule has 0 aliphatic carbocycles. The smallest absolute Gasteiger partial charge is 0.272 e. The predicted molar refractivity (Wildman–Crippen MR) is 120 cm³/mol. The van der Waals surface area contributed by atoms with Gasteiger partial charge in [0.2, 0.25) is 0 Å². The number of carbonyl (C=O) groups excluding carboxylic acids is 1. The number of carbonyl (C=O) groups is 1. The molecule has 0 spiro atoms. The minimum atomic E-state index is -0.0634. The molecule has 8 nitrogen and oxygen atoms in total. The minimum absolute atomic E-state index is 0.0634. The van der Waals surface area contributed by atoms with E-state index >= 15 is 0 Å². The second kappa shape index (κ2) is 8.87. The van der Waals surface area contributed by atoms with Crippen molar-refractivity contribution in [3.63, 3.8) is 0 Å². The summed E-state index contributed by atoms with van der Waals surface area (Å²) in [6.07, 6.45) is 1.65. The van der Waals surface area contributed by atoms with Crippen LogP contribution in [0.4, 0.5) is 11.4 Å². The molecule has 1 saturated heterocycles. The van der Waals surface area contributed by atoms with Gasteiger partial charge in [-0.3, -0.25) is 15.5 Å². The molecule has 31 heavy (non-hydrogen) atoms. The van der Waals surface area contributed by atoms with Gasteiger partial charge in [-0.25, -0.2) is 4.98 Å². The van der Waals surface area contributed by atoms with Crippen LogP contribution in [0.5, 0.6) is 5.75 Å². The number of imidazole rings is 1. The first kappa shape index (κ1) is 21.0. The summed E-state index contributed by atoms with van der Waals surface area (Å²) >= 11 is 6.36. The van der Waals surface area contributed by atoms with Crippen molar-refractivity contribution in [3.05, 3.63) is 59.5 Å². The van der Waals surface area contributed by atoms with Crippen molar-refractivity contribution in [2.75, 3.05) is 43.7 Å². The number of anilines is 2. The minimum Gasteiger partial charge on any atom is -0.496 e. The molecule has 1 aliphatic heterocycles. The Morgan fingerprint density at radius 3 is 2.58 bits per heavy atom. The van der Waals surface area contributed by atoms with Gasteiger partial charge < -0.3 is 19.1 Å². The number of benzene rings is 2. The van der Waals surface area contributed by atoms with Gasteiger partial charge in [0, 0.05) is 38.8 Å². The molecule has 1 amide bonds. The largest absolute Gasteiger partial charge is 0.496 e. The van der Waals surface area contributed by atoms with E-state index in [0.717, 1.165) is 11.3 Å². The molecule has 1 aliphatic rings. The first-order valence-corrected chi connectivity index (χ1v) is 10.3. The Morgan fingerprint density at radius 2 is 1.90 bits per heavy atom. The zero-order valence-electron chi connectivity index (χ0n) is 17.4. The average molecular weight is 442 g/mol. The number of hydrogen-bond acceptors (Lipinski definition) is 6. The van der Waals surface area contributed by atoms with E-state index in [1.807, 2.05) is 42.3 Å². The van der Waals surface area contributed by atoms with Crippen molar-refractivity contribution >= 4 is 28.9 Å². The number of aryl methyl sites for hydroxylation is 1. The summed E-state index contributed by atoms with van der Waals surface area (Å²) in [5.74, 6) is 0.613. The Kier molecular flexibility index (Phi) is 6.01. The molecule has 1 aromatic heterocycles. The van der Waals surface area contributed by atoms with Gasteiger partial charge in [-0.2, -0.15) is 0 Å². The molecule has 0 bridgehead atoms. The van der Waals surface area contributed by atoms with E-state index in [9.17, 15) is 4.79 Å². The second-order valence-electron chi connectivity index (χ2n) is 7.31. The maximum Gasteiger partial charge on any atom is 0.272 e. The fourth-order valence-corrected chi connectivity index (χ4v) is 4.15. The number of halogens is 1. The van der Waals surface area contributed by atoms with Crippen molar-refractivity contribution in [2.24, 2.45) is 7.05 Å². The lowest BCUT2D eigenvalue weighted by atomic mass is 10.1. The predicted octanol–water partition coefficient (Wildman–Crippen LogP) is 3.51. The first-order chi connectivity index (χ1) is 15.0. The van der Waals surface area contributed by atoms with Crippen LogP contribution in [-0.2, 0) is 7.05 Å². The van der Waals surface area contributed by atoms with Gasteiger partial charge in [-0.05, 0) is 30.3 Å². The van der Waals surface area contributed by atoms with Crippen LogP contribution in [0.2, 0.25) is 5.02 Å². The highest BCUT2D eigenvalue weighted by Crippen LogP contribution is 2.32. The van der Waals surface area contributed by atoms with E-state index in [-0.39, 0.29) is 5.91 Å². The Balaban J connectivity index is 1.53. The van der Waals surface area contributed by atoms with Gasteiger partial charge in [0.15, 0.2) is 0 Å². The van der Waals surface area contributed by atoms with E-state index in [2.05, 4.69) is 15.4 Å². The number of nitrogens with zero attached hydrogens (tertiary/aromatic N) is 4. The summed E-state index contributed by atoms with van der Waals surface area (Å²) in [6, 6.07) is 12.8. The number of amides is 1. The van der Waals surface area contributed by atoms with Gasteiger partial charge >= 0.3 is 0 Å². The molecule has 0 radical (unpaired) electrons. The fourth-order valence-electron chi connectivity index (χ4n) is 3.85. The van der Waals surface area contributed by atoms with Gasteiger partial charge in [-0.1, -0.05) is 23.7 Å². The van der Waals surface area contributed by atoms with Crippen molar-refractivity contribution in [1.29, 1.82) is 0 Å². The third-order valence-electron chi connectivity index (χ3n) is 5.49. The Hall–Kier alpha value is -3.23. The number of rotatable bonds is 5. The maximum absolute atomic E-state index is 13.4. The highest BCUT2D eigenvalue weighted by Gasteiger charge is 2.28. The number of methoxy groups -OCH3 is 1. The molecule has 0 saturated carbocycles. The highest BCUT2D eigenvalue weighted by molar-refractivity contribution is 6.33. The standard InChI is InChI=1S/C22H24ClN5O3/c1-26-14-24-20(16-5-3-4-6-19(16)31-2)21(26)22(29)28-11-9-27(10-12-28)18-8-7-15(25-30)13-17(18)23/h3-8,13-14,25,30H,9-12H2,1-2H3. The Labute approximate surface area is 185 Å². The summed E-state index contributed by atoms with van der Waals surface area (Å²) in [5, 5.41) is 9.57. The molecule has 0 atom stereocenters. The Bertz CT molecular complexity index is 1090. The second-order valence-corrected chi connectivity index (χ2v) is 7.72. The number of piperazine rings is 1. The maximum atomic E-state index is 13.4. The highest BCUT2D eigenvalue weighted by atomic mass is 35.5. The van der Waals surface area contributed by atoms with E-state index in [0.29, 0.717) is 54.0 Å². The number of aromatic nitrogens is 2. The third-order valence-corrected chi connectivity index (χ3v) is 5.79. The summed E-state index contributed by atoms with van der Waals surface area (Å²) in [4.78, 5) is 21.9. The van der Waals surface area contributed by atoms with E-state index in [1.54, 1.807) is 30.1 Å². The molecule has 0 unspecified atom stereocenters. The molecule has 9 heteroatoms. The molecule has 3 aromatic rings. The van der Waals surface area contributed by atoms with Gasteiger partial charge in [0.05, 0.1) is 29.8 Å². The molecule has 162 valence electrons. The SMILES string of the molecule is COc1ccccc1-c1ncn(C)c1C(=O)N1CCN(c2ccc(NO)cc2Cl)CC1. The zero-order valence-corrected chi connectivity index (χ0v) is 18.1. The van der Waals surface area contributed by atoms with Crippen molar-refractivity contribution in [3.8, 4) is 17.0 Å². The fraction of sp³-hybridized carbons (Fsp3) is 0.273. The molecule has 2 aromatic carbocycles. The van der Waals surface area contributed by atoms with Crippen LogP contribution >= 0.6 is 11.6 Å². The Morgan fingerprint density at radius 1 is 1.16 bits per heavy atom. The molecular formula is C22H24ClN5O3.